The average Bonchev–Trinajstić information content (AvgIpc) is 3.21. The van der Waals surface area contributed by atoms with Crippen molar-refractivity contribution >= 4 is 17.3 Å². The van der Waals surface area contributed by atoms with Crippen LogP contribution in [0.4, 0.5) is 11.4 Å². The summed E-state index contributed by atoms with van der Waals surface area (Å²) in [7, 11) is 0. The number of para-hydroxylation sites is 1. The largest absolute Gasteiger partial charge is 0.322 e. The molecular weight excluding hydrogens is 368 g/mol. The van der Waals surface area contributed by atoms with Crippen molar-refractivity contribution in [2.24, 2.45) is 0 Å². The number of nitrogens with one attached hydrogen (secondary N) is 1. The third-order valence-corrected chi connectivity index (χ3v) is 4.34. The minimum atomic E-state index is -0.502. The summed E-state index contributed by atoms with van der Waals surface area (Å²) < 4.78 is 1.64. The lowest BCUT2D eigenvalue weighted by atomic mass is 10.1. The van der Waals surface area contributed by atoms with Crippen LogP contribution >= 0.6 is 0 Å². The van der Waals surface area contributed by atoms with Gasteiger partial charge in [0.25, 0.3) is 11.6 Å². The van der Waals surface area contributed by atoms with Gasteiger partial charge in [-0.05, 0) is 18.2 Å². The number of anilines is 1. The first-order valence-electron chi connectivity index (χ1n) is 8.88. The van der Waals surface area contributed by atoms with Gasteiger partial charge in [-0.15, -0.1) is 0 Å². The molecule has 0 saturated carbocycles. The van der Waals surface area contributed by atoms with Gasteiger partial charge in [0.05, 0.1) is 16.2 Å². The molecule has 0 atom stereocenters. The highest BCUT2D eigenvalue weighted by atomic mass is 16.6. The van der Waals surface area contributed by atoms with E-state index in [1.54, 1.807) is 16.9 Å². The molecule has 0 spiro atoms. The Morgan fingerprint density at radius 2 is 1.62 bits per heavy atom. The van der Waals surface area contributed by atoms with Crippen LogP contribution in [0.25, 0.3) is 16.9 Å². The molecule has 3 aromatic carbocycles. The van der Waals surface area contributed by atoms with Crippen LogP contribution in [0.2, 0.25) is 0 Å². The Morgan fingerprint density at radius 3 is 2.31 bits per heavy atom. The Bertz CT molecular complexity index is 1170. The third-order valence-electron chi connectivity index (χ3n) is 4.34. The van der Waals surface area contributed by atoms with E-state index in [1.807, 2.05) is 60.7 Å². The zero-order valence-corrected chi connectivity index (χ0v) is 15.2. The van der Waals surface area contributed by atoms with E-state index in [0.29, 0.717) is 16.9 Å². The molecule has 0 aliphatic rings. The van der Waals surface area contributed by atoms with Crippen molar-refractivity contribution in [1.29, 1.82) is 0 Å². The van der Waals surface area contributed by atoms with Gasteiger partial charge in [-0.1, -0.05) is 54.6 Å². The molecule has 1 aromatic heterocycles. The number of carbonyl (C=O) groups is 1. The first-order valence-corrected chi connectivity index (χ1v) is 8.88. The maximum atomic E-state index is 13.0. The van der Waals surface area contributed by atoms with E-state index in [-0.39, 0.29) is 5.69 Å². The molecule has 7 heteroatoms. The number of non-ortho nitro benzene ring substituents is 1. The van der Waals surface area contributed by atoms with Gasteiger partial charge in [0.15, 0.2) is 0 Å². The lowest BCUT2D eigenvalue weighted by Gasteiger charge is -2.05. The van der Waals surface area contributed by atoms with Gasteiger partial charge in [-0.25, -0.2) is 4.68 Å². The topological polar surface area (TPSA) is 90.1 Å². The number of carbonyl (C=O) groups excluding carboxylic acids is 1. The molecule has 1 N–H and O–H groups in total. The van der Waals surface area contributed by atoms with Crippen molar-refractivity contribution in [3.8, 4) is 16.9 Å². The number of amides is 1. The van der Waals surface area contributed by atoms with Crippen LogP contribution in [-0.4, -0.2) is 20.6 Å². The van der Waals surface area contributed by atoms with Gasteiger partial charge in [-0.2, -0.15) is 5.10 Å². The summed E-state index contributed by atoms with van der Waals surface area (Å²) in [5.74, 6) is -0.397. The first kappa shape index (κ1) is 18.1. The molecule has 0 aliphatic heterocycles. The highest BCUT2D eigenvalue weighted by Crippen LogP contribution is 2.25. The number of benzene rings is 3. The summed E-state index contributed by atoms with van der Waals surface area (Å²) >= 11 is 0. The Labute approximate surface area is 166 Å². The van der Waals surface area contributed by atoms with E-state index < -0.39 is 10.8 Å². The van der Waals surface area contributed by atoms with Crippen LogP contribution in [-0.2, 0) is 0 Å². The fourth-order valence-electron chi connectivity index (χ4n) is 2.96. The Morgan fingerprint density at radius 1 is 0.931 bits per heavy atom. The maximum absolute atomic E-state index is 13.0. The van der Waals surface area contributed by atoms with Crippen molar-refractivity contribution < 1.29 is 9.72 Å². The zero-order valence-electron chi connectivity index (χ0n) is 15.2. The van der Waals surface area contributed by atoms with Gasteiger partial charge in [0, 0.05) is 29.6 Å². The number of nitrogens with zero attached hydrogens (tertiary/aromatic N) is 3. The Kier molecular flexibility index (Phi) is 4.86. The summed E-state index contributed by atoms with van der Waals surface area (Å²) in [4.78, 5) is 23.5. The maximum Gasteiger partial charge on any atom is 0.271 e. The molecule has 1 amide bonds. The summed E-state index contributed by atoms with van der Waals surface area (Å²) in [5.41, 5.74) is 2.76. The second kappa shape index (κ2) is 7.77. The number of nitro benzene ring substituents is 1. The SMILES string of the molecule is O=C(Nc1cccc([N+](=O)[O-])c1)c1cn(-c2ccccc2)nc1-c1ccccc1. The summed E-state index contributed by atoms with van der Waals surface area (Å²) in [6.07, 6.45) is 1.66. The minimum absolute atomic E-state index is 0.0916. The lowest BCUT2D eigenvalue weighted by molar-refractivity contribution is -0.384. The van der Waals surface area contributed by atoms with Crippen molar-refractivity contribution in [3.05, 3.63) is 107 Å². The molecule has 0 bridgehead atoms. The fourth-order valence-corrected chi connectivity index (χ4v) is 2.96. The lowest BCUT2D eigenvalue weighted by Crippen LogP contribution is -2.12. The van der Waals surface area contributed by atoms with Gasteiger partial charge < -0.3 is 5.32 Å². The van der Waals surface area contributed by atoms with E-state index in [1.165, 1.54) is 18.2 Å². The summed E-state index contributed by atoms with van der Waals surface area (Å²) in [6, 6.07) is 24.7. The standard InChI is InChI=1S/C22H16N4O3/c27-22(23-17-10-7-13-19(14-17)26(28)29)20-15-25(18-11-5-2-6-12-18)24-21(20)16-8-3-1-4-9-16/h1-15H,(H,23,27). The minimum Gasteiger partial charge on any atom is -0.322 e. The van der Waals surface area contributed by atoms with E-state index >= 15 is 0 Å². The summed E-state index contributed by atoms with van der Waals surface area (Å²) in [6.45, 7) is 0. The highest BCUT2D eigenvalue weighted by molar-refractivity contribution is 6.08. The normalized spacial score (nSPS) is 10.5. The Hall–Kier alpha value is -4.26. The van der Waals surface area contributed by atoms with E-state index in [4.69, 9.17) is 0 Å². The first-order chi connectivity index (χ1) is 14.1. The molecule has 4 aromatic rings. The monoisotopic (exact) mass is 384 g/mol. The zero-order chi connectivity index (χ0) is 20.2. The number of rotatable bonds is 5. The molecule has 0 fully saturated rings. The second-order valence-electron chi connectivity index (χ2n) is 6.30. The quantitative estimate of drug-likeness (QED) is 0.399. The van der Waals surface area contributed by atoms with Crippen LogP contribution < -0.4 is 5.32 Å². The van der Waals surface area contributed by atoms with E-state index in [9.17, 15) is 14.9 Å². The predicted molar refractivity (Wildman–Crippen MR) is 110 cm³/mol. The van der Waals surface area contributed by atoms with Gasteiger partial charge >= 0.3 is 0 Å². The number of hydrogen-bond acceptors (Lipinski definition) is 4. The van der Waals surface area contributed by atoms with Crippen molar-refractivity contribution in [2.45, 2.75) is 0 Å². The molecule has 0 radical (unpaired) electrons. The van der Waals surface area contributed by atoms with Gasteiger partial charge in [0.2, 0.25) is 0 Å². The molecule has 7 nitrogen and oxygen atoms in total. The second-order valence-corrected chi connectivity index (χ2v) is 6.30. The molecule has 4 rings (SSSR count). The van der Waals surface area contributed by atoms with E-state index in [0.717, 1.165) is 11.3 Å². The number of aromatic nitrogens is 2. The average molecular weight is 384 g/mol. The van der Waals surface area contributed by atoms with Gasteiger partial charge in [-0.3, -0.25) is 14.9 Å². The van der Waals surface area contributed by atoms with Crippen LogP contribution in [0, 0.1) is 10.1 Å². The smallest absolute Gasteiger partial charge is 0.271 e. The molecule has 1 heterocycles. The molecule has 0 unspecified atom stereocenters. The van der Waals surface area contributed by atoms with E-state index in [2.05, 4.69) is 10.4 Å². The number of hydrogen-bond donors (Lipinski definition) is 1. The molecule has 0 saturated heterocycles. The number of nitro groups is 1. The van der Waals surface area contributed by atoms with Gasteiger partial charge in [0.1, 0.15) is 5.69 Å². The van der Waals surface area contributed by atoms with Crippen LogP contribution in [0.15, 0.2) is 91.1 Å². The highest BCUT2D eigenvalue weighted by Gasteiger charge is 2.19. The van der Waals surface area contributed by atoms with Crippen LogP contribution in [0.1, 0.15) is 10.4 Å². The molecule has 0 aliphatic carbocycles. The molecule has 142 valence electrons. The van der Waals surface area contributed by atoms with Crippen molar-refractivity contribution in [1.82, 2.24) is 9.78 Å². The Balaban J connectivity index is 1.73. The van der Waals surface area contributed by atoms with Crippen LogP contribution in [0.5, 0.6) is 0 Å². The fraction of sp³-hybridized carbons (Fsp3) is 0. The molecule has 29 heavy (non-hydrogen) atoms. The van der Waals surface area contributed by atoms with Crippen molar-refractivity contribution in [2.75, 3.05) is 5.32 Å². The van der Waals surface area contributed by atoms with Crippen LogP contribution in [0.3, 0.4) is 0 Å². The van der Waals surface area contributed by atoms with Crippen molar-refractivity contribution in [3.63, 3.8) is 0 Å². The third kappa shape index (κ3) is 3.89. The molecular formula is C22H16N4O3. The summed E-state index contributed by atoms with van der Waals surface area (Å²) in [5, 5.41) is 18.3. The predicted octanol–water partition coefficient (Wildman–Crippen LogP) is 4.70.